The lowest BCUT2D eigenvalue weighted by atomic mass is 10.1. The number of aliphatic hydroxyl groups excluding tert-OH is 1. The first-order valence-corrected chi connectivity index (χ1v) is 4.99. The second-order valence-electron chi connectivity index (χ2n) is 4.04. The molecule has 0 aliphatic carbocycles. The summed E-state index contributed by atoms with van der Waals surface area (Å²) in [5, 5.41) is 38.9. The number of amides is 1. The molecular weight excluding hydrogens is 226 g/mol. The summed E-state index contributed by atoms with van der Waals surface area (Å²) in [4.78, 5) is 11.6. The van der Waals surface area contributed by atoms with Crippen LogP contribution in [-0.2, 0) is 0 Å². The van der Waals surface area contributed by atoms with E-state index in [1.165, 1.54) is 19.1 Å². The number of nitrogens with one attached hydrogen (secondary N) is 1. The topological polar surface area (TPSA) is 110 Å². The maximum atomic E-state index is 11.6. The molecule has 0 bridgehead atoms. The minimum atomic E-state index is -1.39. The van der Waals surface area contributed by atoms with Crippen molar-refractivity contribution in [2.75, 3.05) is 13.2 Å². The molecular formula is C11H15NO5. The van der Waals surface area contributed by atoms with E-state index >= 15 is 0 Å². The Morgan fingerprint density at radius 1 is 1.35 bits per heavy atom. The second-order valence-corrected chi connectivity index (χ2v) is 4.04. The van der Waals surface area contributed by atoms with Crippen molar-refractivity contribution in [3.8, 4) is 11.5 Å². The lowest BCUT2D eigenvalue weighted by Gasteiger charge is -2.20. The predicted octanol–water partition coefficient (Wildman–Crippen LogP) is -0.429. The Bertz CT molecular complexity index is 416. The number of carbonyl (C=O) groups is 1. The highest BCUT2D eigenvalue weighted by Gasteiger charge is 2.20. The predicted molar refractivity (Wildman–Crippen MR) is 59.8 cm³/mol. The van der Waals surface area contributed by atoms with Gasteiger partial charge in [-0.15, -0.1) is 0 Å². The van der Waals surface area contributed by atoms with E-state index in [1.54, 1.807) is 0 Å². The first-order valence-electron chi connectivity index (χ1n) is 4.99. The maximum absolute atomic E-state index is 11.6. The number of aromatic hydroxyl groups is 2. The molecule has 0 heterocycles. The largest absolute Gasteiger partial charge is 0.504 e. The third kappa shape index (κ3) is 3.61. The molecule has 1 atom stereocenters. The summed E-state index contributed by atoms with van der Waals surface area (Å²) in [5.41, 5.74) is -1.25. The number of aliphatic hydroxyl groups is 2. The van der Waals surface area contributed by atoms with Crippen LogP contribution in [0.25, 0.3) is 0 Å². The third-order valence-electron chi connectivity index (χ3n) is 2.21. The van der Waals surface area contributed by atoms with Crippen molar-refractivity contribution < 1.29 is 25.2 Å². The van der Waals surface area contributed by atoms with Crippen molar-refractivity contribution in [2.24, 2.45) is 0 Å². The molecule has 17 heavy (non-hydrogen) atoms. The SMILES string of the molecule is CC(O)(CO)CNC(=O)c1ccc(O)c(O)c1. The molecule has 6 heteroatoms. The fourth-order valence-electron chi connectivity index (χ4n) is 1.09. The Balaban J connectivity index is 2.68. The number of phenols is 2. The van der Waals surface area contributed by atoms with Crippen LogP contribution in [0.15, 0.2) is 18.2 Å². The molecule has 0 saturated carbocycles. The average Bonchev–Trinajstić information content (AvgIpc) is 2.30. The molecule has 1 rings (SSSR count). The third-order valence-corrected chi connectivity index (χ3v) is 2.21. The van der Waals surface area contributed by atoms with Crippen LogP contribution >= 0.6 is 0 Å². The number of benzene rings is 1. The molecule has 0 aromatic heterocycles. The molecule has 1 unspecified atom stereocenters. The minimum absolute atomic E-state index is 0.121. The Labute approximate surface area is 98.1 Å². The van der Waals surface area contributed by atoms with Gasteiger partial charge < -0.3 is 25.7 Å². The normalized spacial score (nSPS) is 14.1. The fraction of sp³-hybridized carbons (Fsp3) is 0.364. The highest BCUT2D eigenvalue weighted by Crippen LogP contribution is 2.24. The van der Waals surface area contributed by atoms with Crippen LogP contribution in [0.1, 0.15) is 17.3 Å². The monoisotopic (exact) mass is 241 g/mol. The van der Waals surface area contributed by atoms with E-state index in [0.717, 1.165) is 6.07 Å². The average molecular weight is 241 g/mol. The van der Waals surface area contributed by atoms with Gasteiger partial charge in [0.25, 0.3) is 5.91 Å². The zero-order valence-electron chi connectivity index (χ0n) is 9.34. The van der Waals surface area contributed by atoms with Gasteiger partial charge in [-0.3, -0.25) is 4.79 Å². The Morgan fingerprint density at radius 3 is 2.53 bits per heavy atom. The number of carbonyl (C=O) groups excluding carboxylic acids is 1. The molecule has 5 N–H and O–H groups in total. The summed E-state index contributed by atoms with van der Waals surface area (Å²) in [6, 6.07) is 3.63. The van der Waals surface area contributed by atoms with Crippen molar-refractivity contribution in [1.29, 1.82) is 0 Å². The van der Waals surface area contributed by atoms with E-state index in [9.17, 15) is 15.0 Å². The standard InChI is InChI=1S/C11H15NO5/c1-11(17,6-13)5-12-10(16)7-2-3-8(14)9(15)4-7/h2-4,13-15,17H,5-6H2,1H3,(H,12,16). The van der Waals surface area contributed by atoms with E-state index < -0.39 is 23.9 Å². The highest BCUT2D eigenvalue weighted by molar-refractivity contribution is 5.94. The van der Waals surface area contributed by atoms with Gasteiger partial charge in [-0.2, -0.15) is 0 Å². The van der Waals surface area contributed by atoms with Crippen LogP contribution < -0.4 is 5.32 Å². The van der Waals surface area contributed by atoms with E-state index in [2.05, 4.69) is 5.32 Å². The van der Waals surface area contributed by atoms with Gasteiger partial charge in [-0.1, -0.05) is 0 Å². The number of hydrogen-bond acceptors (Lipinski definition) is 5. The Morgan fingerprint density at radius 2 is 2.00 bits per heavy atom. The van der Waals surface area contributed by atoms with E-state index in [1.807, 2.05) is 0 Å². The molecule has 0 aliphatic heterocycles. The Kier molecular flexibility index (Phi) is 3.93. The summed E-state index contributed by atoms with van der Waals surface area (Å²) in [7, 11) is 0. The summed E-state index contributed by atoms with van der Waals surface area (Å²) >= 11 is 0. The van der Waals surface area contributed by atoms with Gasteiger partial charge in [0.05, 0.1) is 6.61 Å². The number of rotatable bonds is 4. The molecule has 94 valence electrons. The van der Waals surface area contributed by atoms with Crippen LogP contribution in [0.4, 0.5) is 0 Å². The summed E-state index contributed by atoms with van der Waals surface area (Å²) in [5.74, 6) is -1.23. The van der Waals surface area contributed by atoms with E-state index in [-0.39, 0.29) is 17.9 Å². The molecule has 0 aliphatic rings. The van der Waals surface area contributed by atoms with Gasteiger partial charge in [-0.05, 0) is 25.1 Å². The zero-order valence-corrected chi connectivity index (χ0v) is 9.34. The summed E-state index contributed by atoms with van der Waals surface area (Å²) in [6.07, 6.45) is 0. The first-order chi connectivity index (χ1) is 7.85. The van der Waals surface area contributed by atoms with E-state index in [0.29, 0.717) is 0 Å². The van der Waals surface area contributed by atoms with Crippen molar-refractivity contribution in [1.82, 2.24) is 5.32 Å². The maximum Gasteiger partial charge on any atom is 0.251 e. The first kappa shape index (κ1) is 13.3. The van der Waals surface area contributed by atoms with Gasteiger partial charge in [0.2, 0.25) is 0 Å². The smallest absolute Gasteiger partial charge is 0.251 e. The molecule has 0 spiro atoms. The lowest BCUT2D eigenvalue weighted by Crippen LogP contribution is -2.43. The van der Waals surface area contributed by atoms with Crippen molar-refractivity contribution in [2.45, 2.75) is 12.5 Å². The Hall–Kier alpha value is -1.79. The second kappa shape index (κ2) is 5.03. The molecule has 1 amide bonds. The number of hydrogen-bond donors (Lipinski definition) is 5. The molecule has 0 saturated heterocycles. The molecule has 1 aromatic rings. The van der Waals surface area contributed by atoms with Crippen molar-refractivity contribution >= 4 is 5.91 Å². The van der Waals surface area contributed by atoms with Crippen LogP contribution in [-0.4, -0.2) is 45.1 Å². The van der Waals surface area contributed by atoms with Gasteiger partial charge in [0.1, 0.15) is 5.60 Å². The summed E-state index contributed by atoms with van der Waals surface area (Å²) in [6.45, 7) is 0.777. The molecule has 0 radical (unpaired) electrons. The fourth-order valence-corrected chi connectivity index (χ4v) is 1.09. The van der Waals surface area contributed by atoms with Crippen LogP contribution in [0.5, 0.6) is 11.5 Å². The van der Waals surface area contributed by atoms with Crippen molar-refractivity contribution in [3.05, 3.63) is 23.8 Å². The van der Waals surface area contributed by atoms with Crippen molar-refractivity contribution in [3.63, 3.8) is 0 Å². The highest BCUT2D eigenvalue weighted by atomic mass is 16.3. The number of phenolic OH excluding ortho intramolecular Hbond substituents is 2. The minimum Gasteiger partial charge on any atom is -0.504 e. The van der Waals surface area contributed by atoms with E-state index in [4.69, 9.17) is 10.2 Å². The van der Waals surface area contributed by atoms with Crippen LogP contribution in [0.3, 0.4) is 0 Å². The van der Waals surface area contributed by atoms with Gasteiger partial charge in [0.15, 0.2) is 11.5 Å². The van der Waals surface area contributed by atoms with Gasteiger partial charge >= 0.3 is 0 Å². The van der Waals surface area contributed by atoms with Crippen LogP contribution in [0.2, 0.25) is 0 Å². The van der Waals surface area contributed by atoms with Gasteiger partial charge in [-0.25, -0.2) is 0 Å². The van der Waals surface area contributed by atoms with Gasteiger partial charge in [0, 0.05) is 12.1 Å². The molecule has 6 nitrogen and oxygen atoms in total. The van der Waals surface area contributed by atoms with Crippen LogP contribution in [0, 0.1) is 0 Å². The summed E-state index contributed by atoms with van der Waals surface area (Å²) < 4.78 is 0. The molecule has 0 fully saturated rings. The lowest BCUT2D eigenvalue weighted by molar-refractivity contribution is 0.00320. The zero-order chi connectivity index (χ0) is 13.1. The quantitative estimate of drug-likeness (QED) is 0.459. The molecule has 1 aromatic carbocycles.